The third-order valence-electron chi connectivity index (χ3n) is 9.19. The zero-order valence-electron chi connectivity index (χ0n) is 24.9. The number of carbonyl (C=O) groups is 2. The fourth-order valence-electron chi connectivity index (χ4n) is 7.06. The monoisotopic (exact) mass is 622 g/mol. The van der Waals surface area contributed by atoms with Gasteiger partial charge in [0, 0.05) is 73.6 Å². The number of carbonyl (C=O) groups excluding carboxylic acids is 2. The molecule has 14 heteroatoms. The highest BCUT2D eigenvalue weighted by Crippen LogP contribution is 2.60. The molecule has 0 unspecified atom stereocenters. The lowest BCUT2D eigenvalue weighted by Crippen LogP contribution is -2.45. The van der Waals surface area contributed by atoms with Gasteiger partial charge in [0.1, 0.15) is 0 Å². The van der Waals surface area contributed by atoms with Gasteiger partial charge in [-0.05, 0) is 43.3 Å². The number of rotatable bonds is 10. The van der Waals surface area contributed by atoms with E-state index in [9.17, 15) is 24.8 Å². The van der Waals surface area contributed by atoms with Crippen molar-refractivity contribution in [1.29, 1.82) is 0 Å². The van der Waals surface area contributed by atoms with Crippen LogP contribution >= 0.6 is 0 Å². The standard InChI is InChI=1S/C30H35FN6O6Si/c1-19-28(44(2,3)31)26(10-13-34-18-21(12-15-38)32-33-34)43-30(19)24-16-23(37(41)42)8-9-25(24)36(29(30)40)17-20-4-6-22(7-5-20)35-14-11-27(35)39/h4-9,16,18-19,26,28,38H,10-15,17H2,1-3H3/t19-,26+,28-,30+/m0/s1. The summed E-state index contributed by atoms with van der Waals surface area (Å²) < 4.78 is 24.4. The van der Waals surface area contributed by atoms with Crippen molar-refractivity contribution in [2.24, 2.45) is 5.92 Å². The number of amides is 2. The smallest absolute Gasteiger partial charge is 0.269 e. The van der Waals surface area contributed by atoms with Gasteiger partial charge in [0.25, 0.3) is 11.6 Å². The van der Waals surface area contributed by atoms with Crippen LogP contribution in [0.2, 0.25) is 18.6 Å². The first-order chi connectivity index (χ1) is 20.9. The second-order valence-electron chi connectivity index (χ2n) is 12.3. The summed E-state index contributed by atoms with van der Waals surface area (Å²) in [6, 6.07) is 11.7. The van der Waals surface area contributed by atoms with Crippen LogP contribution in [0.1, 0.15) is 36.6 Å². The highest BCUT2D eigenvalue weighted by Gasteiger charge is 2.66. The Morgan fingerprint density at radius 1 is 1.20 bits per heavy atom. The van der Waals surface area contributed by atoms with Crippen LogP contribution in [-0.4, -0.2) is 64.5 Å². The number of nitro benzene ring substituents is 1. The number of anilines is 2. The van der Waals surface area contributed by atoms with E-state index >= 15 is 4.11 Å². The first-order valence-corrected chi connectivity index (χ1v) is 17.8. The molecule has 3 aromatic rings. The van der Waals surface area contributed by atoms with Crippen LogP contribution in [0.3, 0.4) is 0 Å². The Labute approximate surface area is 254 Å². The third kappa shape index (κ3) is 5.00. The van der Waals surface area contributed by atoms with Gasteiger partial charge in [-0.1, -0.05) is 24.3 Å². The largest absolute Gasteiger partial charge is 0.396 e. The highest BCUT2D eigenvalue weighted by atomic mass is 28.4. The number of fused-ring (bicyclic) bond motifs is 2. The molecule has 4 atom stereocenters. The Hall–Kier alpha value is -4.01. The van der Waals surface area contributed by atoms with E-state index in [4.69, 9.17) is 4.74 Å². The molecular formula is C30H35FN6O6Si. The molecule has 1 N–H and O–H groups in total. The van der Waals surface area contributed by atoms with E-state index in [0.717, 1.165) is 11.3 Å². The molecule has 1 spiro atoms. The van der Waals surface area contributed by atoms with E-state index in [1.165, 1.54) is 12.1 Å². The molecule has 0 saturated carbocycles. The van der Waals surface area contributed by atoms with Gasteiger partial charge in [0.2, 0.25) is 14.3 Å². The first-order valence-electron chi connectivity index (χ1n) is 14.8. The average Bonchev–Trinajstić information content (AvgIpc) is 3.62. The molecule has 3 aliphatic heterocycles. The molecule has 0 radical (unpaired) electrons. The molecule has 2 aromatic carbocycles. The Balaban J connectivity index is 1.34. The minimum Gasteiger partial charge on any atom is -0.396 e. The molecule has 0 bridgehead atoms. The molecule has 12 nitrogen and oxygen atoms in total. The molecule has 6 rings (SSSR count). The maximum Gasteiger partial charge on any atom is 0.269 e. The molecule has 2 fully saturated rings. The number of ether oxygens (including phenoxy) is 1. The number of hydrogen-bond acceptors (Lipinski definition) is 8. The molecule has 1 aromatic heterocycles. The number of halogens is 1. The van der Waals surface area contributed by atoms with Gasteiger partial charge in [0.15, 0.2) is 5.60 Å². The molecule has 3 aliphatic rings. The van der Waals surface area contributed by atoms with Gasteiger partial charge in [-0.25, -0.2) is 0 Å². The van der Waals surface area contributed by atoms with Crippen molar-refractivity contribution in [1.82, 2.24) is 15.0 Å². The van der Waals surface area contributed by atoms with Gasteiger partial charge in [-0.15, -0.1) is 5.10 Å². The van der Waals surface area contributed by atoms with Crippen LogP contribution < -0.4 is 9.80 Å². The van der Waals surface area contributed by atoms with Crippen molar-refractivity contribution >= 4 is 37.3 Å². The normalized spacial score (nSPS) is 24.7. The highest BCUT2D eigenvalue weighted by molar-refractivity contribution is 6.72. The molecular weight excluding hydrogens is 587 g/mol. The number of aliphatic hydroxyl groups excluding tert-OH is 1. The third-order valence-corrected chi connectivity index (χ3v) is 11.6. The number of β-lactam (4-membered cyclic amide) rings is 1. The maximum absolute atomic E-state index is 16.1. The SMILES string of the molecule is C[C@H]1[C@H]([Si](C)(C)F)[C@@H](CCn2cc(CCO)nn2)O[C@]12C(=O)N(Cc1ccc(N3CCC3=O)cc1)c1ccc([N+](=O)[O-])cc12. The molecule has 2 saturated heterocycles. The van der Waals surface area contributed by atoms with Crippen LogP contribution in [0.25, 0.3) is 0 Å². The number of nitro groups is 1. The van der Waals surface area contributed by atoms with Gasteiger partial charge in [-0.2, -0.15) is 0 Å². The van der Waals surface area contributed by atoms with E-state index in [0.29, 0.717) is 49.3 Å². The molecule has 44 heavy (non-hydrogen) atoms. The lowest BCUT2D eigenvalue weighted by atomic mass is 9.82. The fourth-order valence-corrected chi connectivity index (χ4v) is 9.61. The van der Waals surface area contributed by atoms with E-state index in [1.807, 2.05) is 31.2 Å². The average molecular weight is 623 g/mol. The Morgan fingerprint density at radius 3 is 2.57 bits per heavy atom. The maximum atomic E-state index is 16.1. The number of aromatic nitrogens is 3. The van der Waals surface area contributed by atoms with Crippen LogP contribution in [0, 0.1) is 16.0 Å². The summed E-state index contributed by atoms with van der Waals surface area (Å²) in [5, 5.41) is 29.2. The van der Waals surface area contributed by atoms with Gasteiger partial charge < -0.3 is 23.8 Å². The van der Waals surface area contributed by atoms with Crippen molar-refractivity contribution < 1.29 is 28.5 Å². The van der Waals surface area contributed by atoms with Crippen LogP contribution in [0.4, 0.5) is 21.2 Å². The quantitative estimate of drug-likeness (QED) is 0.118. The number of benzene rings is 2. The Morgan fingerprint density at radius 2 is 1.95 bits per heavy atom. The van der Waals surface area contributed by atoms with E-state index in [2.05, 4.69) is 10.3 Å². The van der Waals surface area contributed by atoms with Crippen molar-refractivity contribution in [2.45, 2.75) is 69.6 Å². The van der Waals surface area contributed by atoms with Crippen molar-refractivity contribution in [2.75, 3.05) is 23.0 Å². The number of nitrogens with zero attached hydrogens (tertiary/aromatic N) is 6. The van der Waals surface area contributed by atoms with Crippen molar-refractivity contribution in [3.8, 4) is 0 Å². The summed E-state index contributed by atoms with van der Waals surface area (Å²) in [6.07, 6.45) is 2.32. The van der Waals surface area contributed by atoms with E-state index in [1.54, 1.807) is 39.8 Å². The summed E-state index contributed by atoms with van der Waals surface area (Å²) in [6.45, 7) is 6.18. The predicted octanol–water partition coefficient (Wildman–Crippen LogP) is 3.87. The lowest BCUT2D eigenvalue weighted by molar-refractivity contribution is -0.385. The second kappa shape index (κ2) is 11.2. The van der Waals surface area contributed by atoms with E-state index < -0.39 is 36.5 Å². The number of aryl methyl sites for hydroxylation is 1. The fraction of sp³-hybridized carbons (Fsp3) is 0.467. The summed E-state index contributed by atoms with van der Waals surface area (Å²) in [5.74, 6) is -0.910. The topological polar surface area (TPSA) is 144 Å². The number of hydrogen-bond donors (Lipinski definition) is 1. The summed E-state index contributed by atoms with van der Waals surface area (Å²) in [7, 11) is -3.43. The minimum atomic E-state index is -3.43. The van der Waals surface area contributed by atoms with Gasteiger partial charge >= 0.3 is 0 Å². The van der Waals surface area contributed by atoms with Crippen molar-refractivity contribution in [3.63, 3.8) is 0 Å². The second-order valence-corrected chi connectivity index (χ2v) is 16.1. The van der Waals surface area contributed by atoms with E-state index in [-0.39, 0.29) is 30.7 Å². The minimum absolute atomic E-state index is 0.0550. The van der Waals surface area contributed by atoms with Gasteiger partial charge in [-0.3, -0.25) is 24.4 Å². The Bertz CT molecular complexity index is 1610. The number of aliphatic hydroxyl groups is 1. The van der Waals surface area contributed by atoms with Crippen LogP contribution in [0.5, 0.6) is 0 Å². The van der Waals surface area contributed by atoms with Crippen LogP contribution in [-0.2, 0) is 39.4 Å². The Kier molecular flexibility index (Phi) is 7.62. The zero-order valence-corrected chi connectivity index (χ0v) is 25.9. The summed E-state index contributed by atoms with van der Waals surface area (Å²) in [4.78, 5) is 41.0. The molecule has 232 valence electrons. The number of non-ortho nitro benzene ring substituents is 1. The lowest BCUT2D eigenvalue weighted by Gasteiger charge is -2.31. The molecule has 4 heterocycles. The molecule has 0 aliphatic carbocycles. The predicted molar refractivity (Wildman–Crippen MR) is 161 cm³/mol. The van der Waals surface area contributed by atoms with Crippen LogP contribution in [0.15, 0.2) is 48.7 Å². The zero-order chi connectivity index (χ0) is 31.4. The van der Waals surface area contributed by atoms with Crippen molar-refractivity contribution in [3.05, 3.63) is 75.6 Å². The van der Waals surface area contributed by atoms with Gasteiger partial charge in [0.05, 0.1) is 29.0 Å². The summed E-state index contributed by atoms with van der Waals surface area (Å²) >= 11 is 0. The summed E-state index contributed by atoms with van der Waals surface area (Å²) in [5.41, 5.74) is 0.756. The first kappa shape index (κ1) is 30.0. The molecule has 2 amide bonds.